The Kier molecular flexibility index (Phi) is 7.96. The van der Waals surface area contributed by atoms with Crippen LogP contribution in [-0.4, -0.2) is 24.8 Å². The maximum atomic E-state index is 11.4. The Morgan fingerprint density at radius 1 is 1.50 bits per heavy atom. The van der Waals surface area contributed by atoms with Crippen LogP contribution in [0.3, 0.4) is 0 Å². The molecule has 0 bridgehead atoms. The Morgan fingerprint density at radius 2 is 2.11 bits per heavy atom. The summed E-state index contributed by atoms with van der Waals surface area (Å²) in [6, 6.07) is -0.535. The van der Waals surface area contributed by atoms with Crippen molar-refractivity contribution in [3.8, 4) is 0 Å². The van der Waals surface area contributed by atoms with Gasteiger partial charge >= 0.3 is 0 Å². The average Bonchev–Trinajstić information content (AvgIpc) is 2.33. The number of allylic oxidation sites excluding steroid dienone is 2. The van der Waals surface area contributed by atoms with Crippen LogP contribution < -0.4 is 11.1 Å². The lowest BCUT2D eigenvalue weighted by Crippen LogP contribution is -2.40. The van der Waals surface area contributed by atoms with E-state index in [0.717, 1.165) is 18.3 Å². The van der Waals surface area contributed by atoms with Crippen LogP contribution in [0.5, 0.6) is 0 Å². The lowest BCUT2D eigenvalue weighted by Gasteiger charge is -2.19. The first-order valence-corrected chi connectivity index (χ1v) is 6.18. The highest BCUT2D eigenvalue weighted by Crippen LogP contribution is 2.19. The number of carbonyl (C=O) groups is 2. The topological polar surface area (TPSA) is 72.2 Å². The van der Waals surface area contributed by atoms with Crippen molar-refractivity contribution in [2.24, 2.45) is 11.7 Å². The molecule has 0 aliphatic carbocycles. The molecule has 0 aliphatic heterocycles. The SMILES string of the molecule is C=C(C/C(C)=C/C)C(CC=O)CNC(=O)C(C)N. The molecule has 0 aliphatic rings. The Hall–Kier alpha value is -1.42. The molecule has 3 N–H and O–H groups in total. The molecule has 0 radical (unpaired) electrons. The summed E-state index contributed by atoms with van der Waals surface area (Å²) in [5, 5.41) is 2.74. The summed E-state index contributed by atoms with van der Waals surface area (Å²) in [4.78, 5) is 22.0. The zero-order valence-electron chi connectivity index (χ0n) is 11.5. The maximum Gasteiger partial charge on any atom is 0.236 e. The van der Waals surface area contributed by atoms with Gasteiger partial charge in [0.1, 0.15) is 6.29 Å². The molecular weight excluding hydrogens is 228 g/mol. The summed E-state index contributed by atoms with van der Waals surface area (Å²) in [6.07, 6.45) is 4.00. The van der Waals surface area contributed by atoms with Gasteiger partial charge in [0.05, 0.1) is 6.04 Å². The fraction of sp³-hybridized carbons (Fsp3) is 0.571. The molecule has 0 fully saturated rings. The molecule has 102 valence electrons. The fourth-order valence-electron chi connectivity index (χ4n) is 1.50. The molecular formula is C14H24N2O2. The molecule has 2 unspecified atom stereocenters. The lowest BCUT2D eigenvalue weighted by atomic mass is 9.92. The zero-order chi connectivity index (χ0) is 14.1. The Balaban J connectivity index is 4.42. The highest BCUT2D eigenvalue weighted by atomic mass is 16.2. The van der Waals surface area contributed by atoms with Gasteiger partial charge in [-0.1, -0.05) is 23.8 Å². The van der Waals surface area contributed by atoms with Crippen LogP contribution in [0, 0.1) is 5.92 Å². The van der Waals surface area contributed by atoms with Gasteiger partial charge in [-0.3, -0.25) is 4.79 Å². The quantitative estimate of drug-likeness (QED) is 0.509. The molecule has 0 heterocycles. The van der Waals surface area contributed by atoms with Crippen molar-refractivity contribution in [2.75, 3.05) is 6.54 Å². The minimum Gasteiger partial charge on any atom is -0.354 e. The van der Waals surface area contributed by atoms with Crippen LogP contribution in [0.25, 0.3) is 0 Å². The van der Waals surface area contributed by atoms with Gasteiger partial charge < -0.3 is 15.8 Å². The Morgan fingerprint density at radius 3 is 2.56 bits per heavy atom. The van der Waals surface area contributed by atoms with Crippen LogP contribution >= 0.6 is 0 Å². The first kappa shape index (κ1) is 16.6. The van der Waals surface area contributed by atoms with Gasteiger partial charge in [0.25, 0.3) is 0 Å². The van der Waals surface area contributed by atoms with Crippen LogP contribution in [-0.2, 0) is 9.59 Å². The molecule has 0 saturated carbocycles. The van der Waals surface area contributed by atoms with Crippen molar-refractivity contribution in [3.63, 3.8) is 0 Å². The number of hydrogen-bond acceptors (Lipinski definition) is 3. The van der Waals surface area contributed by atoms with E-state index in [1.165, 1.54) is 5.57 Å². The fourth-order valence-corrected chi connectivity index (χ4v) is 1.50. The number of amides is 1. The molecule has 0 aromatic heterocycles. The summed E-state index contributed by atoms with van der Waals surface area (Å²) in [7, 11) is 0. The zero-order valence-corrected chi connectivity index (χ0v) is 11.5. The van der Waals surface area contributed by atoms with Gasteiger partial charge in [-0.2, -0.15) is 0 Å². The molecule has 0 spiro atoms. The number of rotatable bonds is 8. The van der Waals surface area contributed by atoms with Crippen molar-refractivity contribution in [1.82, 2.24) is 5.32 Å². The van der Waals surface area contributed by atoms with Crippen LogP contribution in [0.4, 0.5) is 0 Å². The highest BCUT2D eigenvalue weighted by molar-refractivity contribution is 5.81. The number of carbonyl (C=O) groups excluding carboxylic acids is 2. The number of nitrogens with two attached hydrogens (primary N) is 1. The van der Waals surface area contributed by atoms with Crippen LogP contribution in [0.15, 0.2) is 23.8 Å². The molecule has 0 aromatic carbocycles. The molecule has 0 aromatic rings. The van der Waals surface area contributed by atoms with E-state index in [1.807, 2.05) is 19.9 Å². The minimum absolute atomic E-state index is 0.0277. The summed E-state index contributed by atoms with van der Waals surface area (Å²) in [5.74, 6) is -0.235. The van der Waals surface area contributed by atoms with Gasteiger partial charge in [0.15, 0.2) is 0 Å². The van der Waals surface area contributed by atoms with Crippen molar-refractivity contribution in [1.29, 1.82) is 0 Å². The van der Waals surface area contributed by atoms with Crippen molar-refractivity contribution >= 4 is 12.2 Å². The number of hydrogen-bond donors (Lipinski definition) is 2. The Bertz CT molecular complexity index is 333. The molecule has 0 saturated heterocycles. The lowest BCUT2D eigenvalue weighted by molar-refractivity contribution is -0.122. The number of nitrogens with one attached hydrogen (secondary N) is 1. The summed E-state index contributed by atoms with van der Waals surface area (Å²) >= 11 is 0. The van der Waals surface area contributed by atoms with Crippen molar-refractivity contribution in [2.45, 2.75) is 39.7 Å². The van der Waals surface area contributed by atoms with Crippen molar-refractivity contribution in [3.05, 3.63) is 23.8 Å². The largest absolute Gasteiger partial charge is 0.354 e. The maximum absolute atomic E-state index is 11.4. The average molecular weight is 252 g/mol. The van der Waals surface area contributed by atoms with E-state index in [-0.39, 0.29) is 11.8 Å². The second-order valence-corrected chi connectivity index (χ2v) is 4.60. The first-order chi connectivity index (χ1) is 8.42. The third-order valence-electron chi connectivity index (χ3n) is 2.89. The van der Waals surface area contributed by atoms with E-state index in [9.17, 15) is 9.59 Å². The summed E-state index contributed by atoms with van der Waals surface area (Å²) in [5.41, 5.74) is 7.63. The predicted molar refractivity (Wildman–Crippen MR) is 74.0 cm³/mol. The third-order valence-corrected chi connectivity index (χ3v) is 2.89. The van der Waals surface area contributed by atoms with Crippen LogP contribution in [0.2, 0.25) is 0 Å². The smallest absolute Gasteiger partial charge is 0.236 e. The molecule has 2 atom stereocenters. The minimum atomic E-state index is -0.535. The van der Waals surface area contributed by atoms with Gasteiger partial charge in [0, 0.05) is 18.9 Å². The molecule has 4 nitrogen and oxygen atoms in total. The van der Waals surface area contributed by atoms with E-state index >= 15 is 0 Å². The third kappa shape index (κ3) is 6.35. The summed E-state index contributed by atoms with van der Waals surface area (Å²) < 4.78 is 0. The molecule has 0 rings (SSSR count). The van der Waals surface area contributed by atoms with Gasteiger partial charge in [-0.25, -0.2) is 0 Å². The molecule has 4 heteroatoms. The summed E-state index contributed by atoms with van der Waals surface area (Å²) in [6.45, 7) is 10.0. The standard InChI is InChI=1S/C14H24N2O2/c1-5-10(2)8-11(3)13(6-7-17)9-16-14(18)12(4)15/h5,7,12-13H,3,6,8-9,15H2,1-2,4H3,(H,16,18)/b10-5+. The van der Waals surface area contributed by atoms with Gasteiger partial charge in [-0.15, -0.1) is 0 Å². The normalized spacial score (nSPS) is 14.8. The van der Waals surface area contributed by atoms with E-state index in [0.29, 0.717) is 13.0 Å². The first-order valence-electron chi connectivity index (χ1n) is 6.18. The molecule has 18 heavy (non-hydrogen) atoms. The van der Waals surface area contributed by atoms with E-state index in [1.54, 1.807) is 6.92 Å². The second kappa shape index (κ2) is 8.64. The molecule has 1 amide bonds. The van der Waals surface area contributed by atoms with Crippen molar-refractivity contribution < 1.29 is 9.59 Å². The predicted octanol–water partition coefficient (Wildman–Crippen LogP) is 1.57. The van der Waals surface area contributed by atoms with E-state index < -0.39 is 6.04 Å². The van der Waals surface area contributed by atoms with E-state index in [4.69, 9.17) is 5.73 Å². The van der Waals surface area contributed by atoms with Gasteiger partial charge in [0.2, 0.25) is 5.91 Å². The highest BCUT2D eigenvalue weighted by Gasteiger charge is 2.15. The number of aldehydes is 1. The van der Waals surface area contributed by atoms with E-state index in [2.05, 4.69) is 11.9 Å². The Labute approximate surface area is 109 Å². The van der Waals surface area contributed by atoms with Crippen LogP contribution in [0.1, 0.15) is 33.6 Å². The second-order valence-electron chi connectivity index (χ2n) is 4.60. The van der Waals surface area contributed by atoms with Gasteiger partial charge in [-0.05, 0) is 27.2 Å². The monoisotopic (exact) mass is 252 g/mol.